The summed E-state index contributed by atoms with van der Waals surface area (Å²) < 4.78 is 5.76. The van der Waals surface area contributed by atoms with Crippen LogP contribution in [0.3, 0.4) is 0 Å². The van der Waals surface area contributed by atoms with Crippen LogP contribution >= 0.6 is 11.8 Å². The molecule has 0 atom stereocenters. The lowest BCUT2D eigenvalue weighted by molar-refractivity contribution is 0.104. The van der Waals surface area contributed by atoms with Gasteiger partial charge in [0.1, 0.15) is 5.75 Å². The number of hydrogen-bond acceptors (Lipinski definition) is 3. The molecule has 2 aromatic carbocycles. The highest BCUT2D eigenvalue weighted by Crippen LogP contribution is 2.20. The molecule has 2 aromatic rings. The van der Waals surface area contributed by atoms with E-state index in [9.17, 15) is 4.79 Å². The maximum atomic E-state index is 12.3. The lowest BCUT2D eigenvalue weighted by Gasteiger charge is -2.06. The second-order valence-electron chi connectivity index (χ2n) is 6.20. The van der Waals surface area contributed by atoms with Gasteiger partial charge < -0.3 is 4.74 Å². The van der Waals surface area contributed by atoms with Crippen molar-refractivity contribution in [1.82, 2.24) is 0 Å². The summed E-state index contributed by atoms with van der Waals surface area (Å²) in [6.07, 6.45) is 8.07. The molecule has 0 radical (unpaired) electrons. The maximum Gasteiger partial charge on any atom is 0.185 e. The molecule has 2 rings (SSSR count). The molecule has 0 unspecified atom stereocenters. The van der Waals surface area contributed by atoms with Gasteiger partial charge in [-0.1, -0.05) is 44.9 Å². The SMILES string of the molecule is CCCCCOc1cccc(/C=C/C(=O)c2ccc(SCCC)cc2)c1. The zero-order valence-electron chi connectivity index (χ0n) is 15.7. The Labute approximate surface area is 161 Å². The van der Waals surface area contributed by atoms with Gasteiger partial charge in [-0.25, -0.2) is 0 Å². The molecular weight excluding hydrogens is 340 g/mol. The van der Waals surface area contributed by atoms with Gasteiger partial charge in [-0.3, -0.25) is 4.79 Å². The molecule has 0 heterocycles. The molecule has 0 spiro atoms. The van der Waals surface area contributed by atoms with Gasteiger partial charge in [0.25, 0.3) is 0 Å². The Morgan fingerprint density at radius 2 is 1.85 bits per heavy atom. The monoisotopic (exact) mass is 368 g/mol. The minimum atomic E-state index is 0.0197. The first-order chi connectivity index (χ1) is 12.7. The zero-order chi connectivity index (χ0) is 18.6. The van der Waals surface area contributed by atoms with E-state index in [0.717, 1.165) is 36.5 Å². The fourth-order valence-corrected chi connectivity index (χ4v) is 3.22. The highest BCUT2D eigenvalue weighted by molar-refractivity contribution is 7.99. The van der Waals surface area contributed by atoms with E-state index in [1.807, 2.05) is 66.4 Å². The predicted octanol–water partition coefficient (Wildman–Crippen LogP) is 6.65. The molecular formula is C23H28O2S. The summed E-state index contributed by atoms with van der Waals surface area (Å²) in [5, 5.41) is 0. The smallest absolute Gasteiger partial charge is 0.185 e. The van der Waals surface area contributed by atoms with Crippen molar-refractivity contribution in [3.63, 3.8) is 0 Å². The zero-order valence-corrected chi connectivity index (χ0v) is 16.6. The van der Waals surface area contributed by atoms with Crippen LogP contribution in [0.4, 0.5) is 0 Å². The molecule has 0 aliphatic carbocycles. The van der Waals surface area contributed by atoms with E-state index in [4.69, 9.17) is 4.74 Å². The van der Waals surface area contributed by atoms with Gasteiger partial charge in [0, 0.05) is 10.5 Å². The predicted molar refractivity (Wildman–Crippen MR) is 112 cm³/mol. The van der Waals surface area contributed by atoms with Crippen LogP contribution in [-0.4, -0.2) is 18.1 Å². The van der Waals surface area contributed by atoms with Gasteiger partial charge in [0.15, 0.2) is 5.78 Å². The van der Waals surface area contributed by atoms with Crippen molar-refractivity contribution in [2.45, 2.75) is 44.4 Å². The van der Waals surface area contributed by atoms with Crippen molar-refractivity contribution >= 4 is 23.6 Å². The summed E-state index contributed by atoms with van der Waals surface area (Å²) in [4.78, 5) is 13.6. The van der Waals surface area contributed by atoms with Gasteiger partial charge in [0.05, 0.1) is 6.61 Å². The highest BCUT2D eigenvalue weighted by Gasteiger charge is 2.02. The van der Waals surface area contributed by atoms with E-state index in [-0.39, 0.29) is 5.78 Å². The standard InChI is InChI=1S/C23H28O2S/c1-3-5-6-16-25-21-9-7-8-19(18-21)10-15-23(24)20-11-13-22(14-12-20)26-17-4-2/h7-15,18H,3-6,16-17H2,1-2H3/b15-10+. The molecule has 0 aliphatic heterocycles. The Morgan fingerprint density at radius 3 is 2.58 bits per heavy atom. The Hall–Kier alpha value is -2.00. The topological polar surface area (TPSA) is 26.3 Å². The summed E-state index contributed by atoms with van der Waals surface area (Å²) in [6.45, 7) is 5.09. The van der Waals surface area contributed by atoms with Crippen molar-refractivity contribution in [2.24, 2.45) is 0 Å². The van der Waals surface area contributed by atoms with E-state index < -0.39 is 0 Å². The fourth-order valence-electron chi connectivity index (χ4n) is 2.45. The maximum absolute atomic E-state index is 12.3. The number of thioether (sulfide) groups is 1. The van der Waals surface area contributed by atoms with Gasteiger partial charge in [0.2, 0.25) is 0 Å². The Morgan fingerprint density at radius 1 is 1.04 bits per heavy atom. The van der Waals surface area contributed by atoms with Crippen LogP contribution in [0.25, 0.3) is 6.08 Å². The minimum absolute atomic E-state index is 0.0197. The van der Waals surface area contributed by atoms with Crippen LogP contribution in [0.2, 0.25) is 0 Å². The Balaban J connectivity index is 1.92. The number of hydrogen-bond donors (Lipinski definition) is 0. The van der Waals surface area contributed by atoms with Crippen LogP contribution in [0.1, 0.15) is 55.5 Å². The lowest BCUT2D eigenvalue weighted by Crippen LogP contribution is -1.97. The molecule has 0 fully saturated rings. The number of unbranched alkanes of at least 4 members (excludes halogenated alkanes) is 2. The van der Waals surface area contributed by atoms with Crippen molar-refractivity contribution in [3.8, 4) is 5.75 Å². The van der Waals surface area contributed by atoms with Crippen LogP contribution in [0.15, 0.2) is 59.5 Å². The third-order valence-electron chi connectivity index (χ3n) is 3.91. The molecule has 0 aliphatic rings. The number of allylic oxidation sites excluding steroid dienone is 1. The van der Waals surface area contributed by atoms with E-state index in [1.54, 1.807) is 6.08 Å². The lowest BCUT2D eigenvalue weighted by atomic mass is 10.1. The average molecular weight is 369 g/mol. The number of carbonyl (C=O) groups excluding carboxylic acids is 1. The average Bonchev–Trinajstić information content (AvgIpc) is 2.68. The third-order valence-corrected chi connectivity index (χ3v) is 5.13. The Kier molecular flexibility index (Phi) is 9.05. The van der Waals surface area contributed by atoms with Gasteiger partial charge in [-0.05, 0) is 66.6 Å². The number of ketones is 1. The minimum Gasteiger partial charge on any atom is -0.494 e. The normalized spacial score (nSPS) is 11.0. The van der Waals surface area contributed by atoms with E-state index in [1.165, 1.54) is 17.7 Å². The molecule has 26 heavy (non-hydrogen) atoms. The molecule has 0 saturated carbocycles. The van der Waals surface area contributed by atoms with E-state index in [0.29, 0.717) is 5.56 Å². The molecule has 0 bridgehead atoms. The molecule has 138 valence electrons. The molecule has 0 saturated heterocycles. The molecule has 3 heteroatoms. The molecule has 0 N–H and O–H groups in total. The fraction of sp³-hybridized carbons (Fsp3) is 0.348. The Bertz CT molecular complexity index is 704. The summed E-state index contributed by atoms with van der Waals surface area (Å²) in [5.41, 5.74) is 1.69. The summed E-state index contributed by atoms with van der Waals surface area (Å²) in [5.74, 6) is 1.98. The second kappa shape index (κ2) is 11.6. The number of benzene rings is 2. The number of ether oxygens (including phenoxy) is 1. The first-order valence-corrected chi connectivity index (χ1v) is 10.4. The molecule has 0 amide bonds. The van der Waals surface area contributed by atoms with Crippen LogP contribution in [0.5, 0.6) is 5.75 Å². The van der Waals surface area contributed by atoms with Crippen molar-refractivity contribution in [2.75, 3.05) is 12.4 Å². The summed E-state index contributed by atoms with van der Waals surface area (Å²) in [7, 11) is 0. The van der Waals surface area contributed by atoms with Gasteiger partial charge >= 0.3 is 0 Å². The molecule has 2 nitrogen and oxygen atoms in total. The van der Waals surface area contributed by atoms with Crippen molar-refractivity contribution < 1.29 is 9.53 Å². The van der Waals surface area contributed by atoms with Crippen LogP contribution in [-0.2, 0) is 0 Å². The van der Waals surface area contributed by atoms with Gasteiger partial charge in [-0.2, -0.15) is 0 Å². The van der Waals surface area contributed by atoms with E-state index in [2.05, 4.69) is 13.8 Å². The molecule has 0 aromatic heterocycles. The number of carbonyl (C=O) groups is 1. The largest absolute Gasteiger partial charge is 0.494 e. The first-order valence-electron chi connectivity index (χ1n) is 9.41. The van der Waals surface area contributed by atoms with Crippen molar-refractivity contribution in [3.05, 3.63) is 65.7 Å². The van der Waals surface area contributed by atoms with Gasteiger partial charge in [-0.15, -0.1) is 11.8 Å². The third kappa shape index (κ3) is 7.09. The van der Waals surface area contributed by atoms with E-state index >= 15 is 0 Å². The first kappa shape index (κ1) is 20.3. The summed E-state index contributed by atoms with van der Waals surface area (Å²) in [6, 6.07) is 15.7. The summed E-state index contributed by atoms with van der Waals surface area (Å²) >= 11 is 1.82. The highest BCUT2D eigenvalue weighted by atomic mass is 32.2. The second-order valence-corrected chi connectivity index (χ2v) is 7.37. The van der Waals surface area contributed by atoms with Crippen LogP contribution in [0, 0.1) is 0 Å². The van der Waals surface area contributed by atoms with Crippen molar-refractivity contribution in [1.29, 1.82) is 0 Å². The number of rotatable bonds is 11. The van der Waals surface area contributed by atoms with Crippen LogP contribution < -0.4 is 4.74 Å². The quantitative estimate of drug-likeness (QED) is 0.192.